The van der Waals surface area contributed by atoms with E-state index in [0.717, 1.165) is 33.4 Å². The molecule has 0 saturated carbocycles. The van der Waals surface area contributed by atoms with Crippen molar-refractivity contribution in [1.29, 1.82) is 10.8 Å². The van der Waals surface area contributed by atoms with Crippen LogP contribution in [0.1, 0.15) is 89.5 Å². The Labute approximate surface area is 367 Å². The number of nitrogens with two attached hydrogens (primary N) is 3. The number of carbonyl (C=O) groups excluding carboxylic acids is 3. The van der Waals surface area contributed by atoms with Crippen LogP contribution < -0.4 is 43.8 Å². The maximum atomic E-state index is 14.1. The first-order chi connectivity index (χ1) is 29.3. The van der Waals surface area contributed by atoms with Gasteiger partial charge in [-0.25, -0.2) is 0 Å². The highest BCUT2D eigenvalue weighted by Crippen LogP contribution is 2.28. The molecular weight excluding hydrogens is 777 g/mol. The molecule has 0 fully saturated rings. The highest BCUT2D eigenvalue weighted by molar-refractivity contribution is 5.93. The standard InChI is InChI=1S/C49H68N10O3/c1-48(2,3)38-23-19-36(20-24-38)34-15-11-32(12-16-34)30-40(50)43(60)58-41(10-9-29-57-47(53)54)45(62)59-42(44(61)55-27-7-8-28-56-46(51)52)31-33-13-17-35(18-14-33)37-21-25-39(26-22-37)49(4,5)6/h11-26,40-42H,7-10,27-31,50H2,1-6H3,(H,55,61)(H,58,60)(H,59,62)(H4,51,52,56)(H4,53,54,57)/t40-,41-,42-/m0/s1. The van der Waals surface area contributed by atoms with Crippen molar-refractivity contribution in [2.24, 2.45) is 17.2 Å². The second-order valence-corrected chi connectivity index (χ2v) is 18.0. The molecule has 0 saturated heterocycles. The minimum absolute atomic E-state index is 0.0423. The van der Waals surface area contributed by atoms with E-state index in [-0.39, 0.29) is 47.9 Å². The monoisotopic (exact) mass is 845 g/mol. The summed E-state index contributed by atoms with van der Waals surface area (Å²) in [5.41, 5.74) is 25.9. The number of hydrogen-bond donors (Lipinski definition) is 10. The van der Waals surface area contributed by atoms with Crippen molar-refractivity contribution in [2.75, 3.05) is 19.6 Å². The van der Waals surface area contributed by atoms with Gasteiger partial charge in [0, 0.05) is 26.1 Å². The molecule has 0 bridgehead atoms. The fourth-order valence-corrected chi connectivity index (χ4v) is 6.94. The Kier molecular flexibility index (Phi) is 17.6. The highest BCUT2D eigenvalue weighted by atomic mass is 16.2. The predicted octanol–water partition coefficient (Wildman–Crippen LogP) is 5.34. The van der Waals surface area contributed by atoms with Crippen LogP contribution in [0, 0.1) is 10.8 Å². The molecule has 0 aliphatic carbocycles. The Morgan fingerprint density at radius 2 is 0.871 bits per heavy atom. The van der Waals surface area contributed by atoms with E-state index in [1.54, 1.807) is 0 Å². The van der Waals surface area contributed by atoms with Crippen LogP contribution >= 0.6 is 0 Å². The molecule has 4 rings (SSSR count). The number of amides is 3. The normalized spacial score (nSPS) is 13.0. The Bertz CT molecular complexity index is 2090. The number of unbranched alkanes of at least 4 members (excludes halogenated alkanes) is 1. The highest BCUT2D eigenvalue weighted by Gasteiger charge is 2.28. The molecule has 0 aliphatic heterocycles. The molecule has 0 unspecified atom stereocenters. The third-order valence-electron chi connectivity index (χ3n) is 10.8. The lowest BCUT2D eigenvalue weighted by atomic mass is 9.86. The lowest BCUT2D eigenvalue weighted by Gasteiger charge is -2.25. The second kappa shape index (κ2) is 22.6. The summed E-state index contributed by atoms with van der Waals surface area (Å²) < 4.78 is 0. The van der Waals surface area contributed by atoms with Gasteiger partial charge in [0.2, 0.25) is 17.7 Å². The second-order valence-electron chi connectivity index (χ2n) is 18.0. The molecule has 0 aromatic heterocycles. The molecule has 3 atom stereocenters. The van der Waals surface area contributed by atoms with Gasteiger partial charge in [-0.3, -0.25) is 25.2 Å². The third-order valence-corrected chi connectivity index (χ3v) is 10.8. The van der Waals surface area contributed by atoms with Crippen LogP contribution in [0.5, 0.6) is 0 Å². The van der Waals surface area contributed by atoms with Crippen LogP contribution in [-0.2, 0) is 38.1 Å². The topological polar surface area (TPSA) is 237 Å². The van der Waals surface area contributed by atoms with Gasteiger partial charge in [0.1, 0.15) is 12.1 Å². The maximum absolute atomic E-state index is 14.1. The van der Waals surface area contributed by atoms with Crippen LogP contribution in [0.2, 0.25) is 0 Å². The molecule has 332 valence electrons. The Balaban J connectivity index is 1.47. The molecule has 13 nitrogen and oxygen atoms in total. The molecule has 3 amide bonds. The Morgan fingerprint density at radius 1 is 0.500 bits per heavy atom. The van der Waals surface area contributed by atoms with E-state index in [1.807, 2.05) is 48.5 Å². The minimum Gasteiger partial charge on any atom is -0.370 e. The van der Waals surface area contributed by atoms with Crippen molar-refractivity contribution in [3.8, 4) is 22.3 Å². The number of rotatable bonds is 20. The Hall–Kier alpha value is -6.21. The summed E-state index contributed by atoms with van der Waals surface area (Å²) in [5, 5.41) is 29.1. The summed E-state index contributed by atoms with van der Waals surface area (Å²) in [6.45, 7) is 14.2. The van der Waals surface area contributed by atoms with Crippen molar-refractivity contribution in [1.82, 2.24) is 26.6 Å². The van der Waals surface area contributed by atoms with E-state index in [4.69, 9.17) is 28.0 Å². The lowest BCUT2D eigenvalue weighted by molar-refractivity contribution is -0.132. The zero-order valence-corrected chi connectivity index (χ0v) is 37.3. The number of carbonyl (C=O) groups is 3. The van der Waals surface area contributed by atoms with Gasteiger partial charge < -0.3 is 43.8 Å². The lowest BCUT2D eigenvalue weighted by Crippen LogP contribution is -2.56. The van der Waals surface area contributed by atoms with Crippen LogP contribution in [0.15, 0.2) is 97.1 Å². The van der Waals surface area contributed by atoms with Crippen LogP contribution in [0.3, 0.4) is 0 Å². The number of nitrogens with one attached hydrogen (secondary N) is 7. The van der Waals surface area contributed by atoms with E-state index in [1.165, 1.54) is 11.1 Å². The number of benzene rings is 4. The zero-order chi connectivity index (χ0) is 45.5. The molecule has 62 heavy (non-hydrogen) atoms. The zero-order valence-electron chi connectivity index (χ0n) is 37.3. The Morgan fingerprint density at radius 3 is 1.29 bits per heavy atom. The van der Waals surface area contributed by atoms with E-state index in [9.17, 15) is 14.4 Å². The fourth-order valence-electron chi connectivity index (χ4n) is 6.94. The van der Waals surface area contributed by atoms with E-state index < -0.39 is 29.9 Å². The minimum atomic E-state index is -1.02. The van der Waals surface area contributed by atoms with Crippen molar-refractivity contribution < 1.29 is 14.4 Å². The predicted molar refractivity (Wildman–Crippen MR) is 252 cm³/mol. The fraction of sp³-hybridized carbons (Fsp3) is 0.408. The average molecular weight is 845 g/mol. The summed E-state index contributed by atoms with van der Waals surface area (Å²) in [5.74, 6) is -1.72. The molecule has 4 aromatic carbocycles. The van der Waals surface area contributed by atoms with E-state index >= 15 is 0 Å². The largest absolute Gasteiger partial charge is 0.370 e. The summed E-state index contributed by atoms with van der Waals surface area (Å²) in [6.07, 6.45) is 2.35. The van der Waals surface area contributed by atoms with Crippen molar-refractivity contribution in [3.05, 3.63) is 119 Å². The van der Waals surface area contributed by atoms with Gasteiger partial charge >= 0.3 is 0 Å². The molecule has 0 radical (unpaired) electrons. The third kappa shape index (κ3) is 15.7. The van der Waals surface area contributed by atoms with Crippen LogP contribution in [0.4, 0.5) is 0 Å². The summed E-state index contributed by atoms with van der Waals surface area (Å²) >= 11 is 0. The van der Waals surface area contributed by atoms with Crippen molar-refractivity contribution >= 4 is 29.6 Å². The summed E-state index contributed by atoms with van der Waals surface area (Å²) in [7, 11) is 0. The smallest absolute Gasteiger partial charge is 0.243 e. The molecule has 13 heteroatoms. The van der Waals surface area contributed by atoms with Crippen molar-refractivity contribution in [3.63, 3.8) is 0 Å². The summed E-state index contributed by atoms with van der Waals surface area (Å²) in [4.78, 5) is 41.4. The number of guanidine groups is 2. The van der Waals surface area contributed by atoms with Gasteiger partial charge in [0.05, 0.1) is 6.04 Å². The van der Waals surface area contributed by atoms with Crippen molar-refractivity contribution in [2.45, 2.75) is 109 Å². The average Bonchev–Trinajstić information content (AvgIpc) is 3.22. The maximum Gasteiger partial charge on any atom is 0.243 e. The first-order valence-corrected chi connectivity index (χ1v) is 21.5. The van der Waals surface area contributed by atoms with E-state index in [2.05, 4.69) is 117 Å². The molecule has 0 heterocycles. The van der Waals surface area contributed by atoms with Gasteiger partial charge in [-0.05, 0) is 87.4 Å². The molecule has 0 aliphatic rings. The first kappa shape index (κ1) is 48.5. The molecule has 4 aromatic rings. The van der Waals surface area contributed by atoms with Crippen LogP contribution in [0.25, 0.3) is 22.3 Å². The first-order valence-electron chi connectivity index (χ1n) is 21.5. The van der Waals surface area contributed by atoms with Gasteiger partial charge in [-0.2, -0.15) is 0 Å². The quantitative estimate of drug-likeness (QED) is 0.0316. The SMILES string of the molecule is CC(C)(C)c1ccc(-c2ccc(C[C@H](NC(=O)[C@H](CCCNC(=N)N)NC(=O)[C@@H](N)Cc3ccc(-c4ccc(C(C)(C)C)cc4)cc3)C(=O)NCCCCNC(=N)N)cc2)cc1. The van der Waals surface area contributed by atoms with Crippen LogP contribution in [-0.4, -0.2) is 67.4 Å². The van der Waals surface area contributed by atoms with Gasteiger partial charge in [-0.15, -0.1) is 0 Å². The summed E-state index contributed by atoms with van der Waals surface area (Å²) in [6, 6.07) is 29.9. The van der Waals surface area contributed by atoms with Gasteiger partial charge in [0.15, 0.2) is 11.9 Å². The number of hydrogen-bond acceptors (Lipinski definition) is 6. The van der Waals surface area contributed by atoms with E-state index in [0.29, 0.717) is 38.9 Å². The molecule has 0 spiro atoms. The molecular formula is C49H68N10O3. The van der Waals surface area contributed by atoms with Gasteiger partial charge in [0.25, 0.3) is 0 Å². The van der Waals surface area contributed by atoms with Gasteiger partial charge in [-0.1, -0.05) is 139 Å². The molecule has 13 N–H and O–H groups in total.